The van der Waals surface area contributed by atoms with E-state index in [9.17, 15) is 9.59 Å². The Balaban J connectivity index is 2.02. The lowest BCUT2D eigenvalue weighted by atomic mass is 10.0. The predicted octanol–water partition coefficient (Wildman–Crippen LogP) is 3.63. The van der Waals surface area contributed by atoms with E-state index >= 15 is 0 Å². The van der Waals surface area contributed by atoms with Crippen LogP contribution in [0.2, 0.25) is 0 Å². The highest BCUT2D eigenvalue weighted by molar-refractivity contribution is 7.15. The van der Waals surface area contributed by atoms with Crippen LogP contribution >= 0.6 is 11.3 Å². The zero-order valence-electron chi connectivity index (χ0n) is 15.1. The highest BCUT2D eigenvalue weighted by atomic mass is 32.1. The molecule has 5 heteroatoms. The number of benzene rings is 1. The molecule has 0 saturated carbocycles. The molecule has 0 spiro atoms. The molecule has 1 atom stereocenters. The molecule has 0 aliphatic heterocycles. The van der Waals surface area contributed by atoms with Gasteiger partial charge in [-0.15, -0.1) is 11.3 Å². The summed E-state index contributed by atoms with van der Waals surface area (Å²) in [5, 5.41) is 3.04. The van der Waals surface area contributed by atoms with Crippen molar-refractivity contribution in [2.75, 3.05) is 19.6 Å². The minimum Gasteiger partial charge on any atom is -0.350 e. The molecular formula is C20H26N2O2S. The molecule has 1 unspecified atom stereocenters. The first kappa shape index (κ1) is 19.3. The maximum atomic E-state index is 12.4. The quantitative estimate of drug-likeness (QED) is 0.696. The van der Waals surface area contributed by atoms with Crippen molar-refractivity contribution in [3.8, 4) is 0 Å². The van der Waals surface area contributed by atoms with E-state index in [0.29, 0.717) is 16.3 Å². The van der Waals surface area contributed by atoms with Crippen LogP contribution in [0.5, 0.6) is 0 Å². The van der Waals surface area contributed by atoms with E-state index in [1.807, 2.05) is 18.2 Å². The number of carbonyl (C=O) groups is 2. The van der Waals surface area contributed by atoms with Crippen molar-refractivity contribution in [3.63, 3.8) is 0 Å². The Morgan fingerprint density at radius 2 is 1.68 bits per heavy atom. The van der Waals surface area contributed by atoms with E-state index in [4.69, 9.17) is 0 Å². The van der Waals surface area contributed by atoms with Crippen molar-refractivity contribution in [2.45, 2.75) is 33.2 Å². The number of thiophene rings is 1. The van der Waals surface area contributed by atoms with Gasteiger partial charge < -0.3 is 5.32 Å². The Bertz CT molecular complexity index is 693. The molecule has 1 aromatic heterocycles. The Kier molecular flexibility index (Phi) is 7.34. The average Bonchev–Trinajstić information content (AvgIpc) is 3.11. The highest BCUT2D eigenvalue weighted by Crippen LogP contribution is 2.17. The molecule has 1 heterocycles. The summed E-state index contributed by atoms with van der Waals surface area (Å²) in [6.45, 7) is 8.27. The van der Waals surface area contributed by atoms with Gasteiger partial charge in [0.05, 0.1) is 9.75 Å². The molecule has 0 aliphatic rings. The molecule has 0 fully saturated rings. The molecule has 1 N–H and O–H groups in total. The van der Waals surface area contributed by atoms with E-state index in [0.717, 1.165) is 19.5 Å². The van der Waals surface area contributed by atoms with E-state index in [1.165, 1.54) is 23.8 Å². The predicted molar refractivity (Wildman–Crippen MR) is 104 cm³/mol. The van der Waals surface area contributed by atoms with Crippen LogP contribution in [-0.4, -0.2) is 42.3 Å². The fraction of sp³-hybridized carbons (Fsp3) is 0.400. The van der Waals surface area contributed by atoms with E-state index in [1.54, 1.807) is 12.1 Å². The molecule has 2 rings (SSSR count). The van der Waals surface area contributed by atoms with Gasteiger partial charge in [-0.2, -0.15) is 0 Å². The van der Waals surface area contributed by atoms with Crippen molar-refractivity contribution < 1.29 is 9.59 Å². The number of Topliss-reactive ketones (excluding diaryl/α,β-unsaturated/α-hetero) is 1. The third-order valence-electron chi connectivity index (χ3n) is 4.32. The highest BCUT2D eigenvalue weighted by Gasteiger charge is 2.18. The topological polar surface area (TPSA) is 49.4 Å². The van der Waals surface area contributed by atoms with Crippen molar-refractivity contribution >= 4 is 23.0 Å². The van der Waals surface area contributed by atoms with Gasteiger partial charge in [0, 0.05) is 12.6 Å². The first-order valence-corrected chi connectivity index (χ1v) is 9.53. The molecule has 0 aliphatic carbocycles. The first-order chi connectivity index (χ1) is 12.0. The second kappa shape index (κ2) is 9.49. The zero-order chi connectivity index (χ0) is 18.2. The summed E-state index contributed by atoms with van der Waals surface area (Å²) in [4.78, 5) is 27.4. The van der Waals surface area contributed by atoms with Crippen LogP contribution in [0.1, 0.15) is 45.7 Å². The van der Waals surface area contributed by atoms with Crippen molar-refractivity contribution in [2.24, 2.45) is 0 Å². The van der Waals surface area contributed by atoms with Gasteiger partial charge in [-0.1, -0.05) is 44.2 Å². The second-order valence-corrected chi connectivity index (χ2v) is 7.08. The molecule has 1 aromatic carbocycles. The second-order valence-electron chi connectivity index (χ2n) is 5.99. The van der Waals surface area contributed by atoms with E-state index in [2.05, 4.69) is 36.2 Å². The molecule has 25 heavy (non-hydrogen) atoms. The molecule has 0 radical (unpaired) electrons. The number of carbonyl (C=O) groups excluding carboxylic acids is 2. The van der Waals surface area contributed by atoms with Crippen LogP contribution in [0.25, 0.3) is 0 Å². The lowest BCUT2D eigenvalue weighted by molar-refractivity contribution is 0.0938. The van der Waals surface area contributed by atoms with Crippen LogP contribution < -0.4 is 5.32 Å². The fourth-order valence-electron chi connectivity index (χ4n) is 2.90. The molecule has 134 valence electrons. The van der Waals surface area contributed by atoms with Crippen LogP contribution in [0.4, 0.5) is 0 Å². The fourth-order valence-corrected chi connectivity index (χ4v) is 3.72. The minimum atomic E-state index is -0.109. The number of nitrogens with zero attached hydrogens (tertiary/aromatic N) is 1. The van der Waals surface area contributed by atoms with Crippen LogP contribution in [0, 0.1) is 0 Å². The maximum Gasteiger partial charge on any atom is 0.261 e. The third-order valence-corrected chi connectivity index (χ3v) is 5.50. The summed E-state index contributed by atoms with van der Waals surface area (Å²) < 4.78 is 0. The number of hydrogen-bond donors (Lipinski definition) is 1. The summed E-state index contributed by atoms with van der Waals surface area (Å²) in [6.07, 6.45) is 0.895. The monoisotopic (exact) mass is 358 g/mol. The van der Waals surface area contributed by atoms with Crippen molar-refractivity contribution in [1.29, 1.82) is 0 Å². The van der Waals surface area contributed by atoms with Crippen molar-refractivity contribution in [1.82, 2.24) is 10.2 Å². The number of ketones is 1. The normalized spacial score (nSPS) is 12.2. The number of rotatable bonds is 9. The Hall–Kier alpha value is -1.98. The largest absolute Gasteiger partial charge is 0.350 e. The van der Waals surface area contributed by atoms with E-state index in [-0.39, 0.29) is 17.7 Å². The van der Waals surface area contributed by atoms with Crippen LogP contribution in [0.15, 0.2) is 42.5 Å². The van der Waals surface area contributed by atoms with Gasteiger partial charge in [-0.05, 0) is 44.1 Å². The van der Waals surface area contributed by atoms with Crippen LogP contribution in [-0.2, 0) is 6.42 Å². The molecule has 4 nitrogen and oxygen atoms in total. The summed E-state index contributed by atoms with van der Waals surface area (Å²) in [5.41, 5.74) is 1.27. The Labute approximate surface area is 153 Å². The van der Waals surface area contributed by atoms with Gasteiger partial charge >= 0.3 is 0 Å². The number of nitrogens with one attached hydrogen (secondary N) is 1. The van der Waals surface area contributed by atoms with Gasteiger partial charge in [0.1, 0.15) is 0 Å². The zero-order valence-corrected chi connectivity index (χ0v) is 15.9. The van der Waals surface area contributed by atoms with Crippen molar-refractivity contribution in [3.05, 3.63) is 57.8 Å². The molecule has 0 bridgehead atoms. The average molecular weight is 359 g/mol. The summed E-state index contributed by atoms with van der Waals surface area (Å²) in [6, 6.07) is 14.0. The number of amides is 1. The Morgan fingerprint density at radius 3 is 2.24 bits per heavy atom. The molecule has 1 amide bonds. The summed E-state index contributed by atoms with van der Waals surface area (Å²) in [7, 11) is 0. The molecular weight excluding hydrogens is 332 g/mol. The standard InChI is InChI=1S/C20H26N2O2S/c1-4-22(5-2)17(13-16-9-7-6-8-10-16)14-21-20(24)19-12-11-18(25-19)15(3)23/h6-12,17H,4-5,13-14H2,1-3H3,(H,21,24). The third kappa shape index (κ3) is 5.51. The minimum absolute atomic E-state index is 0.00542. The SMILES string of the molecule is CCN(CC)C(CNC(=O)c1ccc(C(C)=O)s1)Cc1ccccc1. The van der Waals surface area contributed by atoms with Gasteiger partial charge in [-0.25, -0.2) is 0 Å². The summed E-state index contributed by atoms with van der Waals surface area (Å²) >= 11 is 1.25. The lowest BCUT2D eigenvalue weighted by Crippen LogP contribution is -2.45. The van der Waals surface area contributed by atoms with Gasteiger partial charge in [-0.3, -0.25) is 14.5 Å². The summed E-state index contributed by atoms with van der Waals surface area (Å²) in [5.74, 6) is -0.114. The Morgan fingerprint density at radius 1 is 1.04 bits per heavy atom. The molecule has 2 aromatic rings. The van der Waals surface area contributed by atoms with Gasteiger partial charge in [0.15, 0.2) is 5.78 Å². The molecule has 0 saturated heterocycles. The maximum absolute atomic E-state index is 12.4. The van der Waals surface area contributed by atoms with Crippen LogP contribution in [0.3, 0.4) is 0 Å². The first-order valence-electron chi connectivity index (χ1n) is 8.72. The van der Waals surface area contributed by atoms with E-state index < -0.39 is 0 Å². The van der Waals surface area contributed by atoms with Gasteiger partial charge in [0.2, 0.25) is 0 Å². The van der Waals surface area contributed by atoms with Gasteiger partial charge in [0.25, 0.3) is 5.91 Å². The number of hydrogen-bond acceptors (Lipinski definition) is 4. The number of likely N-dealkylation sites (N-methyl/N-ethyl adjacent to an activating group) is 1. The lowest BCUT2D eigenvalue weighted by Gasteiger charge is -2.30. The smallest absolute Gasteiger partial charge is 0.261 e.